The van der Waals surface area contributed by atoms with E-state index >= 15 is 0 Å². The molecule has 0 saturated heterocycles. The van der Waals surface area contributed by atoms with Crippen molar-refractivity contribution in [3.8, 4) is 5.69 Å². The molecule has 3 rings (SSSR count). The number of hydrogen-bond donors (Lipinski definition) is 1. The van der Waals surface area contributed by atoms with E-state index < -0.39 is 23.4 Å². The van der Waals surface area contributed by atoms with Crippen molar-refractivity contribution in [3.63, 3.8) is 0 Å². The molecule has 10 heteroatoms. The van der Waals surface area contributed by atoms with Crippen LogP contribution in [0, 0.1) is 30.9 Å². The van der Waals surface area contributed by atoms with Crippen molar-refractivity contribution in [3.05, 3.63) is 80.1 Å². The SMILES string of the molecule is Cc1ccc(NC(=O)COC(=O)c2ccc(-n3nc(C)c(Cl)c3C)cc2)c([N+](=O)[O-])c1. The van der Waals surface area contributed by atoms with Crippen molar-refractivity contribution in [2.24, 2.45) is 0 Å². The van der Waals surface area contributed by atoms with Crippen LogP contribution >= 0.6 is 11.6 Å². The average molecular weight is 443 g/mol. The van der Waals surface area contributed by atoms with E-state index in [1.54, 1.807) is 48.9 Å². The van der Waals surface area contributed by atoms with E-state index in [1.165, 1.54) is 12.1 Å². The quantitative estimate of drug-likeness (QED) is 0.348. The lowest BCUT2D eigenvalue weighted by Gasteiger charge is -2.08. The van der Waals surface area contributed by atoms with E-state index in [1.807, 2.05) is 6.92 Å². The number of nitrogens with zero attached hydrogens (tertiary/aromatic N) is 3. The molecule has 0 saturated carbocycles. The highest BCUT2D eigenvalue weighted by Crippen LogP contribution is 2.25. The van der Waals surface area contributed by atoms with Crippen molar-refractivity contribution >= 4 is 34.9 Å². The Morgan fingerprint density at radius 1 is 1.16 bits per heavy atom. The highest BCUT2D eigenvalue weighted by Gasteiger charge is 2.17. The molecular formula is C21H19ClN4O5. The normalized spacial score (nSPS) is 10.6. The summed E-state index contributed by atoms with van der Waals surface area (Å²) in [5.41, 5.74) is 2.91. The molecule has 0 fully saturated rings. The van der Waals surface area contributed by atoms with Gasteiger partial charge in [0.25, 0.3) is 11.6 Å². The number of hydrogen-bond acceptors (Lipinski definition) is 6. The lowest BCUT2D eigenvalue weighted by molar-refractivity contribution is -0.384. The molecule has 3 aromatic rings. The summed E-state index contributed by atoms with van der Waals surface area (Å²) in [5.74, 6) is -1.39. The second-order valence-electron chi connectivity index (χ2n) is 6.85. The first-order chi connectivity index (χ1) is 14.7. The number of aromatic nitrogens is 2. The number of halogens is 1. The summed E-state index contributed by atoms with van der Waals surface area (Å²) in [6.07, 6.45) is 0. The van der Waals surface area contributed by atoms with Crippen molar-refractivity contribution in [2.45, 2.75) is 20.8 Å². The summed E-state index contributed by atoms with van der Waals surface area (Å²) in [6, 6.07) is 10.9. The Hall–Kier alpha value is -3.72. The third kappa shape index (κ3) is 4.89. The number of esters is 1. The molecule has 2 aromatic carbocycles. The number of nitro benzene ring substituents is 1. The molecule has 0 aliphatic carbocycles. The van der Waals surface area contributed by atoms with E-state index in [2.05, 4.69) is 10.4 Å². The Morgan fingerprint density at radius 3 is 2.42 bits per heavy atom. The van der Waals surface area contributed by atoms with Gasteiger partial charge in [-0.25, -0.2) is 9.48 Å². The van der Waals surface area contributed by atoms with E-state index in [4.69, 9.17) is 16.3 Å². The van der Waals surface area contributed by atoms with Gasteiger partial charge in [-0.05, 0) is 56.7 Å². The van der Waals surface area contributed by atoms with Crippen LogP contribution in [0.5, 0.6) is 0 Å². The summed E-state index contributed by atoms with van der Waals surface area (Å²) >= 11 is 6.16. The first-order valence-corrected chi connectivity index (χ1v) is 9.59. The van der Waals surface area contributed by atoms with E-state index in [0.29, 0.717) is 22.0 Å². The maximum atomic E-state index is 12.2. The fourth-order valence-corrected chi connectivity index (χ4v) is 3.03. The predicted octanol–water partition coefficient (Wildman–Crippen LogP) is 4.15. The number of carbonyl (C=O) groups is 2. The molecule has 160 valence electrons. The van der Waals surface area contributed by atoms with Crippen LogP contribution < -0.4 is 5.32 Å². The molecule has 0 aliphatic rings. The van der Waals surface area contributed by atoms with Crippen molar-refractivity contribution in [2.75, 3.05) is 11.9 Å². The zero-order valence-corrected chi connectivity index (χ0v) is 17.8. The molecule has 0 radical (unpaired) electrons. The van der Waals surface area contributed by atoms with E-state index in [9.17, 15) is 19.7 Å². The minimum atomic E-state index is -0.702. The topological polar surface area (TPSA) is 116 Å². The zero-order valence-electron chi connectivity index (χ0n) is 17.0. The van der Waals surface area contributed by atoms with Crippen LogP contribution in [0.3, 0.4) is 0 Å². The van der Waals surface area contributed by atoms with E-state index in [-0.39, 0.29) is 16.9 Å². The Balaban J connectivity index is 1.63. The van der Waals surface area contributed by atoms with Crippen LogP contribution in [0.4, 0.5) is 11.4 Å². The summed E-state index contributed by atoms with van der Waals surface area (Å²) < 4.78 is 6.68. The zero-order chi connectivity index (χ0) is 22.7. The standard InChI is InChI=1S/C21H19ClN4O5/c1-12-4-9-17(18(10-12)26(29)30)23-19(27)11-31-21(28)15-5-7-16(8-6-15)25-14(3)20(22)13(2)24-25/h4-10H,11H2,1-3H3,(H,23,27). The van der Waals surface area contributed by atoms with E-state index in [0.717, 1.165) is 5.69 Å². The fraction of sp³-hybridized carbons (Fsp3) is 0.190. The lowest BCUT2D eigenvalue weighted by atomic mass is 10.2. The van der Waals surface area contributed by atoms with Gasteiger partial charge in [0.15, 0.2) is 6.61 Å². The number of amides is 1. The summed E-state index contributed by atoms with van der Waals surface area (Å²) in [7, 11) is 0. The molecular weight excluding hydrogens is 424 g/mol. The minimum Gasteiger partial charge on any atom is -0.452 e. The van der Waals surface area contributed by atoms with Gasteiger partial charge in [0, 0.05) is 6.07 Å². The van der Waals surface area contributed by atoms with Crippen LogP contribution in [0.25, 0.3) is 5.69 Å². The van der Waals surface area contributed by atoms with Crippen molar-refractivity contribution in [1.29, 1.82) is 0 Å². The van der Waals surface area contributed by atoms with Crippen LogP contribution in [-0.4, -0.2) is 33.2 Å². The molecule has 0 aliphatic heterocycles. The Bertz CT molecular complexity index is 1170. The number of nitro groups is 1. The largest absolute Gasteiger partial charge is 0.452 e. The molecule has 0 unspecified atom stereocenters. The second kappa shape index (κ2) is 8.97. The number of rotatable bonds is 6. The van der Waals surface area contributed by atoms with Gasteiger partial charge < -0.3 is 10.1 Å². The summed E-state index contributed by atoms with van der Waals surface area (Å²) in [6.45, 7) is 4.75. The minimum absolute atomic E-state index is 0.0320. The Labute approximate surface area is 182 Å². The first kappa shape index (κ1) is 22.0. The number of aryl methyl sites for hydroxylation is 2. The Morgan fingerprint density at radius 2 is 1.84 bits per heavy atom. The molecule has 31 heavy (non-hydrogen) atoms. The molecule has 1 amide bonds. The average Bonchev–Trinajstić information content (AvgIpc) is 3.00. The van der Waals surface area contributed by atoms with Gasteiger partial charge in [-0.15, -0.1) is 0 Å². The number of benzene rings is 2. The maximum Gasteiger partial charge on any atom is 0.338 e. The Kier molecular flexibility index (Phi) is 6.36. The molecule has 1 heterocycles. The van der Waals surface area contributed by atoms with Gasteiger partial charge in [0.05, 0.1) is 32.6 Å². The van der Waals surface area contributed by atoms with Gasteiger partial charge >= 0.3 is 5.97 Å². The number of anilines is 1. The molecule has 0 spiro atoms. The molecule has 1 aromatic heterocycles. The number of nitrogens with one attached hydrogen (secondary N) is 1. The monoisotopic (exact) mass is 442 g/mol. The van der Waals surface area contributed by atoms with Crippen LogP contribution in [0.15, 0.2) is 42.5 Å². The van der Waals surface area contributed by atoms with Crippen LogP contribution in [-0.2, 0) is 9.53 Å². The highest BCUT2D eigenvalue weighted by molar-refractivity contribution is 6.31. The predicted molar refractivity (Wildman–Crippen MR) is 115 cm³/mol. The van der Waals surface area contributed by atoms with Gasteiger partial charge in [-0.1, -0.05) is 17.7 Å². The molecule has 9 nitrogen and oxygen atoms in total. The third-order valence-electron chi connectivity index (χ3n) is 4.51. The second-order valence-corrected chi connectivity index (χ2v) is 7.22. The summed E-state index contributed by atoms with van der Waals surface area (Å²) in [5, 5.41) is 18.4. The first-order valence-electron chi connectivity index (χ1n) is 9.21. The van der Waals surface area contributed by atoms with Crippen molar-refractivity contribution < 1.29 is 19.2 Å². The molecule has 1 N–H and O–H groups in total. The van der Waals surface area contributed by atoms with Gasteiger partial charge in [0.2, 0.25) is 0 Å². The highest BCUT2D eigenvalue weighted by atomic mass is 35.5. The third-order valence-corrected chi connectivity index (χ3v) is 5.06. The smallest absolute Gasteiger partial charge is 0.338 e. The molecule has 0 atom stereocenters. The fourth-order valence-electron chi connectivity index (χ4n) is 2.91. The number of ether oxygens (including phenoxy) is 1. The number of carbonyl (C=O) groups excluding carboxylic acids is 2. The molecule has 0 bridgehead atoms. The van der Waals surface area contributed by atoms with Crippen LogP contribution in [0.2, 0.25) is 5.02 Å². The lowest BCUT2D eigenvalue weighted by Crippen LogP contribution is -2.21. The van der Waals surface area contributed by atoms with Gasteiger partial charge in [-0.3, -0.25) is 14.9 Å². The van der Waals surface area contributed by atoms with Gasteiger partial charge in [-0.2, -0.15) is 5.10 Å². The van der Waals surface area contributed by atoms with Gasteiger partial charge in [0.1, 0.15) is 5.69 Å². The van der Waals surface area contributed by atoms with Crippen molar-refractivity contribution in [1.82, 2.24) is 9.78 Å². The van der Waals surface area contributed by atoms with Crippen LogP contribution in [0.1, 0.15) is 27.3 Å². The maximum absolute atomic E-state index is 12.2. The summed E-state index contributed by atoms with van der Waals surface area (Å²) in [4.78, 5) is 34.9.